The predicted octanol–water partition coefficient (Wildman–Crippen LogP) is 4.10. The highest BCUT2D eigenvalue weighted by Crippen LogP contribution is 2.31. The fourth-order valence-electron chi connectivity index (χ4n) is 1.99. The second-order valence-corrected chi connectivity index (χ2v) is 5.68. The summed E-state index contributed by atoms with van der Waals surface area (Å²) in [7, 11) is 0. The first-order valence-corrected chi connectivity index (χ1v) is 7.99. The maximum absolute atomic E-state index is 12.6. The van der Waals surface area contributed by atoms with Crippen molar-refractivity contribution in [2.75, 3.05) is 13.2 Å². The molecule has 3 nitrogen and oxygen atoms in total. The average Bonchev–Trinajstić information content (AvgIpc) is 2.59. The van der Waals surface area contributed by atoms with E-state index in [0.717, 1.165) is 17.7 Å². The zero-order valence-corrected chi connectivity index (χ0v) is 14.3. The third-order valence-electron chi connectivity index (χ3n) is 3.25. The molecule has 0 aromatic heterocycles. The van der Waals surface area contributed by atoms with Crippen LogP contribution in [0.2, 0.25) is 5.02 Å². The van der Waals surface area contributed by atoms with Crippen LogP contribution >= 0.6 is 11.6 Å². The Hall–Kier alpha value is -2.65. The summed E-state index contributed by atoms with van der Waals surface area (Å²) in [6.45, 7) is 0.0484. The number of hydrogen-bond donors (Lipinski definition) is 1. The van der Waals surface area contributed by atoms with E-state index in [1.165, 1.54) is 12.1 Å². The molecule has 0 saturated heterocycles. The molecule has 0 aliphatic carbocycles. The summed E-state index contributed by atoms with van der Waals surface area (Å²) in [5.74, 6) is 5.20. The number of alkyl halides is 3. The van der Waals surface area contributed by atoms with Crippen LogP contribution in [-0.2, 0) is 17.4 Å². The Morgan fingerprint density at radius 3 is 2.54 bits per heavy atom. The molecule has 1 N–H and O–H groups in total. The Bertz CT molecular complexity index is 808. The average molecular weight is 382 g/mol. The van der Waals surface area contributed by atoms with Gasteiger partial charge in [0.05, 0.1) is 18.5 Å². The number of rotatable bonds is 5. The van der Waals surface area contributed by atoms with Gasteiger partial charge >= 0.3 is 6.18 Å². The highest BCUT2D eigenvalue weighted by molar-refractivity contribution is 6.30. The minimum Gasteiger partial charge on any atom is -0.481 e. The molecule has 7 heteroatoms. The lowest BCUT2D eigenvalue weighted by Gasteiger charge is -2.08. The lowest BCUT2D eigenvalue weighted by molar-refractivity contribution is -0.137. The van der Waals surface area contributed by atoms with E-state index in [1.54, 1.807) is 24.3 Å². The van der Waals surface area contributed by atoms with Crippen LogP contribution in [0.1, 0.15) is 11.1 Å². The van der Waals surface area contributed by atoms with Crippen LogP contribution in [0.5, 0.6) is 5.75 Å². The molecule has 26 heavy (non-hydrogen) atoms. The minimum absolute atomic E-state index is 0.0750. The van der Waals surface area contributed by atoms with Crippen molar-refractivity contribution < 1.29 is 22.7 Å². The number of hydrogen-bond acceptors (Lipinski definition) is 2. The van der Waals surface area contributed by atoms with Crippen LogP contribution in [0, 0.1) is 11.8 Å². The van der Waals surface area contributed by atoms with Gasteiger partial charge < -0.3 is 10.1 Å². The first-order valence-electron chi connectivity index (χ1n) is 7.61. The summed E-state index contributed by atoms with van der Waals surface area (Å²) in [5.41, 5.74) is 0.0464. The molecule has 0 fully saturated rings. The number of benzene rings is 2. The van der Waals surface area contributed by atoms with Gasteiger partial charge in [-0.15, -0.1) is 0 Å². The third kappa shape index (κ3) is 6.69. The van der Waals surface area contributed by atoms with Gasteiger partial charge in [-0.1, -0.05) is 41.6 Å². The quantitative estimate of drug-likeness (QED) is 0.792. The largest absolute Gasteiger partial charge is 0.481 e. The molecule has 0 unspecified atom stereocenters. The molecular formula is C19H15ClF3NO2. The summed E-state index contributed by atoms with van der Waals surface area (Å²) >= 11 is 5.77. The van der Waals surface area contributed by atoms with Crippen molar-refractivity contribution >= 4 is 17.5 Å². The van der Waals surface area contributed by atoms with E-state index >= 15 is 0 Å². The zero-order chi connectivity index (χ0) is 19.0. The van der Waals surface area contributed by atoms with Gasteiger partial charge in [0.1, 0.15) is 12.4 Å². The molecule has 0 atom stereocenters. The van der Waals surface area contributed by atoms with Crippen molar-refractivity contribution in [2.45, 2.75) is 12.6 Å². The smallest absolute Gasteiger partial charge is 0.416 e. The lowest BCUT2D eigenvalue weighted by Crippen LogP contribution is -2.25. The maximum atomic E-state index is 12.6. The highest BCUT2D eigenvalue weighted by Gasteiger charge is 2.30. The Morgan fingerprint density at radius 2 is 1.85 bits per heavy atom. The van der Waals surface area contributed by atoms with Gasteiger partial charge in [0, 0.05) is 5.02 Å². The molecular weight excluding hydrogens is 367 g/mol. The first kappa shape index (κ1) is 19.7. The SMILES string of the molecule is O=C(Cc1ccc(Cl)cc1)NCC#CCOc1cccc(C(F)(F)F)c1. The Balaban J connectivity index is 1.72. The number of ether oxygens (including phenoxy) is 1. The van der Waals surface area contributed by atoms with E-state index in [0.29, 0.717) is 5.02 Å². The molecule has 0 heterocycles. The number of carbonyl (C=O) groups excluding carboxylic acids is 1. The molecule has 0 aliphatic rings. The normalized spacial score (nSPS) is 10.6. The summed E-state index contributed by atoms with van der Waals surface area (Å²) < 4.78 is 42.9. The van der Waals surface area contributed by atoms with E-state index in [4.69, 9.17) is 16.3 Å². The summed E-state index contributed by atoms with van der Waals surface area (Å²) in [6.07, 6.45) is -4.21. The van der Waals surface area contributed by atoms with Crippen molar-refractivity contribution in [3.8, 4) is 17.6 Å². The van der Waals surface area contributed by atoms with Gasteiger partial charge in [-0.3, -0.25) is 4.79 Å². The van der Waals surface area contributed by atoms with Crippen molar-refractivity contribution in [1.82, 2.24) is 5.32 Å². The summed E-state index contributed by atoms with van der Waals surface area (Å²) in [4.78, 5) is 11.7. The van der Waals surface area contributed by atoms with Gasteiger partial charge in [-0.2, -0.15) is 13.2 Å². The van der Waals surface area contributed by atoms with Gasteiger partial charge in [0.15, 0.2) is 0 Å². The van der Waals surface area contributed by atoms with Gasteiger partial charge in [-0.25, -0.2) is 0 Å². The number of carbonyl (C=O) groups is 1. The van der Waals surface area contributed by atoms with Crippen molar-refractivity contribution in [2.24, 2.45) is 0 Å². The number of amides is 1. The third-order valence-corrected chi connectivity index (χ3v) is 3.50. The van der Waals surface area contributed by atoms with E-state index in [2.05, 4.69) is 17.2 Å². The van der Waals surface area contributed by atoms with E-state index in [1.807, 2.05) is 0 Å². The molecule has 136 valence electrons. The first-order chi connectivity index (χ1) is 12.3. The van der Waals surface area contributed by atoms with Gasteiger partial charge in [0.25, 0.3) is 0 Å². The summed E-state index contributed by atoms with van der Waals surface area (Å²) in [5, 5.41) is 3.22. The van der Waals surface area contributed by atoms with Crippen LogP contribution in [0.3, 0.4) is 0 Å². The van der Waals surface area contributed by atoms with E-state index in [9.17, 15) is 18.0 Å². The molecule has 0 aliphatic heterocycles. The Morgan fingerprint density at radius 1 is 1.12 bits per heavy atom. The van der Waals surface area contributed by atoms with Gasteiger partial charge in [0.2, 0.25) is 5.91 Å². The second-order valence-electron chi connectivity index (χ2n) is 5.25. The minimum atomic E-state index is -4.42. The van der Waals surface area contributed by atoms with Crippen LogP contribution in [0.15, 0.2) is 48.5 Å². The molecule has 2 rings (SSSR count). The molecule has 0 radical (unpaired) electrons. The standard InChI is InChI=1S/C19H15ClF3NO2/c20-16-8-6-14(7-9-16)12-18(25)24-10-1-2-11-26-17-5-3-4-15(13-17)19(21,22)23/h3-9,13H,10-12H2,(H,24,25). The van der Waals surface area contributed by atoms with Crippen LogP contribution in [-0.4, -0.2) is 19.1 Å². The Labute approximate surface area is 154 Å². The van der Waals surface area contributed by atoms with Crippen LogP contribution in [0.4, 0.5) is 13.2 Å². The lowest BCUT2D eigenvalue weighted by atomic mass is 10.1. The topological polar surface area (TPSA) is 38.3 Å². The van der Waals surface area contributed by atoms with E-state index in [-0.39, 0.29) is 31.2 Å². The number of nitrogens with one attached hydrogen (secondary N) is 1. The predicted molar refractivity (Wildman–Crippen MR) is 92.9 cm³/mol. The molecule has 0 saturated carbocycles. The maximum Gasteiger partial charge on any atom is 0.416 e. The molecule has 2 aromatic carbocycles. The summed E-state index contributed by atoms with van der Waals surface area (Å²) in [6, 6.07) is 11.5. The fraction of sp³-hybridized carbons (Fsp3) is 0.211. The number of halogens is 4. The molecule has 0 bridgehead atoms. The second kappa shape index (κ2) is 9.16. The molecule has 0 spiro atoms. The van der Waals surface area contributed by atoms with Crippen LogP contribution < -0.4 is 10.1 Å². The van der Waals surface area contributed by atoms with Crippen molar-refractivity contribution in [1.29, 1.82) is 0 Å². The van der Waals surface area contributed by atoms with Crippen molar-refractivity contribution in [3.05, 3.63) is 64.7 Å². The fourth-order valence-corrected chi connectivity index (χ4v) is 2.11. The van der Waals surface area contributed by atoms with Gasteiger partial charge in [-0.05, 0) is 35.9 Å². The van der Waals surface area contributed by atoms with Crippen molar-refractivity contribution in [3.63, 3.8) is 0 Å². The van der Waals surface area contributed by atoms with Crippen LogP contribution in [0.25, 0.3) is 0 Å². The van der Waals surface area contributed by atoms with E-state index < -0.39 is 11.7 Å². The highest BCUT2D eigenvalue weighted by atomic mass is 35.5. The zero-order valence-electron chi connectivity index (χ0n) is 13.6. The monoisotopic (exact) mass is 381 g/mol. The molecule has 2 aromatic rings. The Kier molecular flexibility index (Phi) is 6.93. The molecule has 1 amide bonds.